The van der Waals surface area contributed by atoms with Crippen LogP contribution >= 0.6 is 0 Å². The first-order valence-corrected chi connectivity index (χ1v) is 20.9. The number of aromatic nitrogens is 1. The largest absolute Gasteiger partial charge is 0.309 e. The van der Waals surface area contributed by atoms with Gasteiger partial charge in [0, 0.05) is 22.4 Å². The molecule has 1 unspecified atom stereocenters. The highest BCUT2D eigenvalue weighted by Crippen LogP contribution is 2.63. The highest BCUT2D eigenvalue weighted by Gasteiger charge is 2.51. The molecule has 0 saturated carbocycles. The number of hydrogen-bond donors (Lipinski definition) is 0. The van der Waals surface area contributed by atoms with Crippen LogP contribution in [-0.2, 0) is 11.8 Å². The summed E-state index contributed by atoms with van der Waals surface area (Å²) in [6.45, 7) is 0. The molecule has 0 amide bonds. The van der Waals surface area contributed by atoms with E-state index in [1.54, 1.807) is 0 Å². The normalized spacial score (nSPS) is 13.6. The van der Waals surface area contributed by atoms with Crippen LogP contribution in [0.3, 0.4) is 0 Å². The minimum Gasteiger partial charge on any atom is -0.309 e. The van der Waals surface area contributed by atoms with E-state index in [0.29, 0.717) is 0 Å². The zero-order chi connectivity index (χ0) is 38.9. The molecule has 1 heterocycles. The minimum atomic E-state index is -0.339. The Labute approximate surface area is 345 Å². The first-order chi connectivity index (χ1) is 29.3. The van der Waals surface area contributed by atoms with Crippen molar-refractivity contribution in [2.75, 3.05) is 0 Å². The quantitative estimate of drug-likeness (QED) is 0.153. The van der Waals surface area contributed by atoms with Crippen LogP contribution in [0.25, 0.3) is 60.9 Å². The lowest BCUT2D eigenvalue weighted by Gasteiger charge is -2.31. The fraction of sp³-hybridized carbons (Fsp3) is 0.0690. The van der Waals surface area contributed by atoms with Gasteiger partial charge < -0.3 is 4.57 Å². The second kappa shape index (κ2) is 13.4. The third-order valence-corrected chi connectivity index (χ3v) is 13.3. The lowest BCUT2D eigenvalue weighted by molar-refractivity contribution is 0.710. The molecule has 1 aromatic heterocycles. The van der Waals surface area contributed by atoms with Gasteiger partial charge in [-0.2, -0.15) is 0 Å². The first kappa shape index (κ1) is 33.9. The van der Waals surface area contributed by atoms with Gasteiger partial charge in [-0.25, -0.2) is 0 Å². The maximum absolute atomic E-state index is 2.57. The topological polar surface area (TPSA) is 4.93 Å². The first-order valence-electron chi connectivity index (χ1n) is 20.9. The van der Waals surface area contributed by atoms with E-state index in [2.05, 4.69) is 223 Å². The number of fused-ring (bicyclic) bond motifs is 13. The fourth-order valence-electron chi connectivity index (χ4n) is 10.7. The minimum absolute atomic E-state index is 0.252. The molecule has 2 aliphatic carbocycles. The predicted molar refractivity (Wildman–Crippen MR) is 246 cm³/mol. The molecule has 0 radical (unpaired) electrons. The van der Waals surface area contributed by atoms with Crippen LogP contribution in [0.1, 0.15) is 51.3 Å². The number of nitrogens with zero attached hydrogens (tertiary/aromatic N) is 1. The zero-order valence-electron chi connectivity index (χ0n) is 32.7. The van der Waals surface area contributed by atoms with Gasteiger partial charge in [0.05, 0.1) is 16.4 Å². The van der Waals surface area contributed by atoms with Crippen molar-refractivity contribution in [2.45, 2.75) is 24.2 Å². The number of aryl methyl sites for hydroxylation is 1. The smallest absolute Gasteiger partial charge is 0.0725 e. The van der Waals surface area contributed by atoms with E-state index in [1.807, 2.05) is 0 Å². The Hall–Kier alpha value is -7.22. The van der Waals surface area contributed by atoms with Crippen molar-refractivity contribution in [1.82, 2.24) is 4.57 Å². The molecule has 12 rings (SSSR count). The van der Waals surface area contributed by atoms with Gasteiger partial charge in [0.2, 0.25) is 0 Å². The van der Waals surface area contributed by atoms with Gasteiger partial charge in [0.1, 0.15) is 0 Å². The van der Waals surface area contributed by atoms with E-state index >= 15 is 0 Å². The monoisotopic (exact) mass is 751 g/mol. The van der Waals surface area contributed by atoms with E-state index in [9.17, 15) is 0 Å². The van der Waals surface area contributed by atoms with Crippen LogP contribution in [0.5, 0.6) is 0 Å². The van der Waals surface area contributed by atoms with Crippen LogP contribution in [-0.4, -0.2) is 4.57 Å². The van der Waals surface area contributed by atoms with Crippen molar-refractivity contribution in [3.63, 3.8) is 0 Å². The molecule has 0 N–H and O–H groups in total. The molecule has 10 aromatic rings. The average Bonchev–Trinajstić information content (AvgIpc) is 3.92. The number of rotatable bonds is 7. The van der Waals surface area contributed by atoms with Crippen molar-refractivity contribution in [1.29, 1.82) is 0 Å². The van der Waals surface area contributed by atoms with Crippen LogP contribution in [0.4, 0.5) is 0 Å². The zero-order valence-corrected chi connectivity index (χ0v) is 32.7. The summed E-state index contributed by atoms with van der Waals surface area (Å²) in [5.41, 5.74) is 20.8. The van der Waals surface area contributed by atoms with E-state index in [0.717, 1.165) is 12.8 Å². The Bertz CT molecular complexity index is 3090. The standard InChI is InChI=1S/C58H41N/c1-2-14-42(15-3-1)45(43-33-37-49-48-18-6-11-23-54(48)58(55(49)38-43)52-21-9-4-16-46(52)47-17-5-10-22-53(47)58)36-28-39-26-29-40(30-27-39)41-31-34-44(35-32-41)59-56-24-12-7-19-50(56)51-20-8-13-25-57(51)59/h1-27,29-35,37-38,45H,28,36H2. The van der Waals surface area contributed by atoms with Gasteiger partial charge in [-0.3, -0.25) is 0 Å². The summed E-state index contributed by atoms with van der Waals surface area (Å²) in [4.78, 5) is 0. The lowest BCUT2D eigenvalue weighted by atomic mass is 9.70. The van der Waals surface area contributed by atoms with E-state index in [1.165, 1.54) is 99.8 Å². The molecule has 1 atom stereocenters. The molecule has 0 aliphatic heterocycles. The van der Waals surface area contributed by atoms with Crippen molar-refractivity contribution in [3.8, 4) is 39.1 Å². The van der Waals surface area contributed by atoms with Gasteiger partial charge in [-0.15, -0.1) is 0 Å². The number of hydrogen-bond acceptors (Lipinski definition) is 0. The third-order valence-electron chi connectivity index (χ3n) is 13.3. The average molecular weight is 752 g/mol. The maximum atomic E-state index is 2.57. The van der Waals surface area contributed by atoms with Gasteiger partial charge in [0.25, 0.3) is 0 Å². The highest BCUT2D eigenvalue weighted by molar-refractivity contribution is 6.09. The van der Waals surface area contributed by atoms with Gasteiger partial charge in [-0.1, -0.05) is 194 Å². The molecule has 2 aliphatic rings. The summed E-state index contributed by atoms with van der Waals surface area (Å²) in [7, 11) is 0. The molecular formula is C58H41N. The highest BCUT2D eigenvalue weighted by atomic mass is 15.0. The van der Waals surface area contributed by atoms with Crippen molar-refractivity contribution in [3.05, 3.63) is 257 Å². The molecule has 0 bridgehead atoms. The van der Waals surface area contributed by atoms with Crippen LogP contribution in [0.2, 0.25) is 0 Å². The Morgan fingerprint density at radius 3 is 1.42 bits per heavy atom. The number of benzene rings is 9. The Balaban J connectivity index is 0.872. The molecule has 9 aromatic carbocycles. The second-order valence-electron chi connectivity index (χ2n) is 16.3. The second-order valence-corrected chi connectivity index (χ2v) is 16.3. The summed E-state index contributed by atoms with van der Waals surface area (Å²) in [5.74, 6) is 0.252. The summed E-state index contributed by atoms with van der Waals surface area (Å²) in [5, 5.41) is 2.57. The fourth-order valence-corrected chi connectivity index (χ4v) is 10.7. The molecule has 278 valence electrons. The van der Waals surface area contributed by atoms with Gasteiger partial charge in [-0.05, 0) is 109 Å². The van der Waals surface area contributed by atoms with Crippen molar-refractivity contribution < 1.29 is 0 Å². The molecule has 59 heavy (non-hydrogen) atoms. The van der Waals surface area contributed by atoms with Crippen molar-refractivity contribution >= 4 is 21.8 Å². The summed E-state index contributed by atoms with van der Waals surface area (Å²) < 4.78 is 2.38. The SMILES string of the molecule is c1ccc(C(CCc2ccc(-c3ccc(-n4c5ccccc5c5ccccc54)cc3)cc2)c2ccc3c(c2)C2(c4ccccc4-c4ccccc42)c2ccccc2-3)cc1. The van der Waals surface area contributed by atoms with E-state index < -0.39 is 0 Å². The molecule has 1 spiro atoms. The van der Waals surface area contributed by atoms with Crippen LogP contribution in [0, 0.1) is 0 Å². The van der Waals surface area contributed by atoms with E-state index in [-0.39, 0.29) is 11.3 Å². The molecular weight excluding hydrogens is 711 g/mol. The Morgan fingerprint density at radius 2 is 0.847 bits per heavy atom. The summed E-state index contributed by atoms with van der Waals surface area (Å²) in [6.07, 6.45) is 2.00. The maximum Gasteiger partial charge on any atom is 0.0725 e. The third kappa shape index (κ3) is 5.11. The molecule has 0 saturated heterocycles. The van der Waals surface area contributed by atoms with Crippen LogP contribution in [0.15, 0.2) is 218 Å². The van der Waals surface area contributed by atoms with Crippen molar-refractivity contribution in [2.24, 2.45) is 0 Å². The number of para-hydroxylation sites is 2. The molecule has 1 nitrogen and oxygen atoms in total. The molecule has 1 heteroatoms. The van der Waals surface area contributed by atoms with Gasteiger partial charge in [0.15, 0.2) is 0 Å². The summed E-state index contributed by atoms with van der Waals surface area (Å²) in [6, 6.07) is 81.5. The predicted octanol–water partition coefficient (Wildman–Crippen LogP) is 14.6. The Kier molecular flexibility index (Phi) is 7.71. The lowest BCUT2D eigenvalue weighted by Crippen LogP contribution is -2.26. The van der Waals surface area contributed by atoms with Gasteiger partial charge >= 0.3 is 0 Å². The Morgan fingerprint density at radius 1 is 0.373 bits per heavy atom. The summed E-state index contributed by atoms with van der Waals surface area (Å²) >= 11 is 0. The molecule has 0 fully saturated rings. The van der Waals surface area contributed by atoms with E-state index in [4.69, 9.17) is 0 Å². The van der Waals surface area contributed by atoms with Crippen LogP contribution < -0.4 is 0 Å².